The van der Waals surface area contributed by atoms with Gasteiger partial charge in [0.2, 0.25) is 0 Å². The molecule has 0 bridgehead atoms. The molecule has 3 N–H and O–H groups in total. The predicted octanol–water partition coefficient (Wildman–Crippen LogP) is -0.266. The molecule has 88 valence electrons. The van der Waals surface area contributed by atoms with Crippen LogP contribution in [0.25, 0.3) is 0 Å². The Morgan fingerprint density at radius 2 is 2.27 bits per heavy atom. The minimum Gasteiger partial charge on any atom is -0.370 e. The highest BCUT2D eigenvalue weighted by Crippen LogP contribution is 2.10. The van der Waals surface area contributed by atoms with Crippen LogP contribution in [0.5, 0.6) is 0 Å². The van der Waals surface area contributed by atoms with Crippen molar-refractivity contribution in [1.29, 1.82) is 0 Å². The van der Waals surface area contributed by atoms with Crippen LogP contribution in [0.3, 0.4) is 0 Å². The Hall–Kier alpha value is -0.780. The summed E-state index contributed by atoms with van der Waals surface area (Å²) in [5.74, 6) is 1.23. The van der Waals surface area contributed by atoms with Crippen LogP contribution in [0.15, 0.2) is 4.99 Å². The summed E-state index contributed by atoms with van der Waals surface area (Å²) in [5.41, 5.74) is 5.63. The molecule has 1 atom stereocenters. The van der Waals surface area contributed by atoms with Crippen LogP contribution in [-0.4, -0.2) is 38.5 Å². The topological polar surface area (TPSA) is 84.5 Å². The van der Waals surface area contributed by atoms with Crippen molar-refractivity contribution < 1.29 is 8.42 Å². The SMILES string of the molecule is CC(C)CN=C(N)NC1CCS(=O)(=O)C1. The van der Waals surface area contributed by atoms with E-state index in [1.807, 2.05) is 0 Å². The smallest absolute Gasteiger partial charge is 0.188 e. The van der Waals surface area contributed by atoms with E-state index in [2.05, 4.69) is 24.2 Å². The molecule has 0 aromatic rings. The average Bonchev–Trinajstić information content (AvgIpc) is 2.42. The monoisotopic (exact) mass is 233 g/mol. The Morgan fingerprint density at radius 1 is 1.60 bits per heavy atom. The van der Waals surface area contributed by atoms with Crippen LogP contribution in [-0.2, 0) is 9.84 Å². The van der Waals surface area contributed by atoms with Gasteiger partial charge in [0.25, 0.3) is 0 Å². The predicted molar refractivity (Wildman–Crippen MR) is 61.5 cm³/mol. The van der Waals surface area contributed by atoms with Crippen molar-refractivity contribution in [3.63, 3.8) is 0 Å². The molecule has 1 unspecified atom stereocenters. The van der Waals surface area contributed by atoms with Gasteiger partial charge in [0.15, 0.2) is 15.8 Å². The van der Waals surface area contributed by atoms with Crippen LogP contribution < -0.4 is 11.1 Å². The lowest BCUT2D eigenvalue weighted by molar-refractivity contribution is 0.600. The van der Waals surface area contributed by atoms with E-state index in [0.717, 1.165) is 0 Å². The fraction of sp³-hybridized carbons (Fsp3) is 0.889. The summed E-state index contributed by atoms with van der Waals surface area (Å²) >= 11 is 0. The maximum Gasteiger partial charge on any atom is 0.188 e. The first-order chi connectivity index (χ1) is 6.89. The van der Waals surface area contributed by atoms with Gasteiger partial charge in [0.1, 0.15) is 0 Å². The molecule has 0 radical (unpaired) electrons. The number of nitrogens with zero attached hydrogens (tertiary/aromatic N) is 1. The number of nitrogens with two attached hydrogens (primary N) is 1. The van der Waals surface area contributed by atoms with E-state index in [1.54, 1.807) is 0 Å². The van der Waals surface area contributed by atoms with Crippen molar-refractivity contribution in [1.82, 2.24) is 5.32 Å². The second-order valence-electron chi connectivity index (χ2n) is 4.36. The van der Waals surface area contributed by atoms with Crippen molar-refractivity contribution in [2.24, 2.45) is 16.6 Å². The number of rotatable bonds is 3. The molecule has 1 saturated heterocycles. The highest BCUT2D eigenvalue weighted by molar-refractivity contribution is 7.91. The summed E-state index contributed by atoms with van der Waals surface area (Å²) in [6, 6.07) is -0.0640. The Kier molecular flexibility index (Phi) is 3.96. The zero-order valence-corrected chi connectivity index (χ0v) is 10.0. The molecule has 1 aliphatic heterocycles. The van der Waals surface area contributed by atoms with Crippen molar-refractivity contribution in [2.75, 3.05) is 18.1 Å². The van der Waals surface area contributed by atoms with Gasteiger partial charge >= 0.3 is 0 Å². The quantitative estimate of drug-likeness (QED) is 0.519. The molecule has 15 heavy (non-hydrogen) atoms. The van der Waals surface area contributed by atoms with E-state index in [9.17, 15) is 8.42 Å². The van der Waals surface area contributed by atoms with Gasteiger partial charge in [0.05, 0.1) is 11.5 Å². The lowest BCUT2D eigenvalue weighted by Gasteiger charge is -2.11. The molecule has 0 aromatic carbocycles. The lowest BCUT2D eigenvalue weighted by atomic mass is 10.2. The van der Waals surface area contributed by atoms with Gasteiger partial charge in [-0.1, -0.05) is 13.8 Å². The third kappa shape index (κ3) is 4.51. The molecule has 0 spiro atoms. The number of hydrogen-bond donors (Lipinski definition) is 2. The van der Waals surface area contributed by atoms with Gasteiger partial charge in [-0.25, -0.2) is 8.42 Å². The number of nitrogens with one attached hydrogen (secondary N) is 1. The average molecular weight is 233 g/mol. The van der Waals surface area contributed by atoms with Crippen LogP contribution in [0.1, 0.15) is 20.3 Å². The molecular formula is C9H19N3O2S. The van der Waals surface area contributed by atoms with Gasteiger partial charge in [-0.05, 0) is 12.3 Å². The van der Waals surface area contributed by atoms with Crippen molar-refractivity contribution in [3.05, 3.63) is 0 Å². The molecule has 0 amide bonds. The van der Waals surface area contributed by atoms with Crippen LogP contribution in [0.4, 0.5) is 0 Å². The van der Waals surface area contributed by atoms with E-state index in [-0.39, 0.29) is 17.5 Å². The lowest BCUT2D eigenvalue weighted by Crippen LogP contribution is -2.40. The summed E-state index contributed by atoms with van der Waals surface area (Å²) in [7, 11) is -2.85. The summed E-state index contributed by atoms with van der Waals surface area (Å²) in [5, 5.41) is 2.94. The largest absolute Gasteiger partial charge is 0.370 e. The molecule has 0 saturated carbocycles. The summed E-state index contributed by atoms with van der Waals surface area (Å²) in [6.07, 6.45) is 0.625. The minimum absolute atomic E-state index is 0.0640. The molecule has 1 rings (SSSR count). The van der Waals surface area contributed by atoms with Crippen LogP contribution >= 0.6 is 0 Å². The fourth-order valence-electron chi connectivity index (χ4n) is 1.44. The summed E-state index contributed by atoms with van der Waals surface area (Å²) in [4.78, 5) is 4.12. The second-order valence-corrected chi connectivity index (χ2v) is 6.59. The molecule has 0 aliphatic carbocycles. The number of guanidine groups is 1. The van der Waals surface area contributed by atoms with E-state index in [4.69, 9.17) is 5.73 Å². The van der Waals surface area contributed by atoms with Gasteiger partial charge in [-0.2, -0.15) is 0 Å². The zero-order valence-electron chi connectivity index (χ0n) is 9.23. The van der Waals surface area contributed by atoms with Gasteiger partial charge < -0.3 is 11.1 Å². The first-order valence-corrected chi connectivity index (χ1v) is 6.98. The van der Waals surface area contributed by atoms with E-state index in [0.29, 0.717) is 24.8 Å². The number of aliphatic imine (C=N–C) groups is 1. The van der Waals surface area contributed by atoms with Crippen molar-refractivity contribution in [2.45, 2.75) is 26.3 Å². The van der Waals surface area contributed by atoms with Crippen molar-refractivity contribution in [3.8, 4) is 0 Å². The Balaban J connectivity index is 2.40. The number of sulfone groups is 1. The van der Waals surface area contributed by atoms with E-state index < -0.39 is 9.84 Å². The molecule has 1 heterocycles. The first-order valence-electron chi connectivity index (χ1n) is 5.16. The van der Waals surface area contributed by atoms with Gasteiger partial charge in [-0.15, -0.1) is 0 Å². The highest BCUT2D eigenvalue weighted by Gasteiger charge is 2.27. The summed E-state index contributed by atoms with van der Waals surface area (Å²) < 4.78 is 22.3. The normalized spacial score (nSPS) is 25.8. The Labute approximate surface area is 91.1 Å². The van der Waals surface area contributed by atoms with Crippen LogP contribution in [0.2, 0.25) is 0 Å². The molecule has 1 fully saturated rings. The summed E-state index contributed by atoms with van der Waals surface area (Å²) in [6.45, 7) is 4.77. The minimum atomic E-state index is -2.85. The van der Waals surface area contributed by atoms with E-state index >= 15 is 0 Å². The van der Waals surface area contributed by atoms with Gasteiger partial charge in [-0.3, -0.25) is 4.99 Å². The highest BCUT2D eigenvalue weighted by atomic mass is 32.2. The Morgan fingerprint density at radius 3 is 2.73 bits per heavy atom. The first kappa shape index (κ1) is 12.3. The maximum absolute atomic E-state index is 11.2. The fourth-order valence-corrected chi connectivity index (χ4v) is 3.12. The second kappa shape index (κ2) is 4.83. The molecule has 5 nitrogen and oxygen atoms in total. The third-order valence-electron chi connectivity index (χ3n) is 2.21. The van der Waals surface area contributed by atoms with Crippen molar-refractivity contribution >= 4 is 15.8 Å². The third-order valence-corrected chi connectivity index (χ3v) is 3.98. The van der Waals surface area contributed by atoms with Crippen LogP contribution in [0, 0.1) is 5.92 Å². The maximum atomic E-state index is 11.2. The molecule has 6 heteroatoms. The molecule has 0 aromatic heterocycles. The Bertz CT molecular complexity index is 335. The standard InChI is InChI=1S/C9H19N3O2S/c1-7(2)5-11-9(10)12-8-3-4-15(13,14)6-8/h7-8H,3-6H2,1-2H3,(H3,10,11,12). The number of hydrogen-bond acceptors (Lipinski definition) is 3. The molecule has 1 aliphatic rings. The van der Waals surface area contributed by atoms with E-state index in [1.165, 1.54) is 0 Å². The van der Waals surface area contributed by atoms with Gasteiger partial charge in [0, 0.05) is 12.6 Å². The molecular weight excluding hydrogens is 214 g/mol. The zero-order chi connectivity index (χ0) is 11.5.